The first-order chi connectivity index (χ1) is 40.7. The average molecular weight is 1160 g/mol. The van der Waals surface area contributed by atoms with Gasteiger partial charge in [0.2, 0.25) is 6.10 Å². The second-order valence-electron chi connectivity index (χ2n) is 22.8. The van der Waals surface area contributed by atoms with Crippen molar-refractivity contribution in [2.75, 3.05) is 6.61 Å². The molecule has 85 heavy (non-hydrogen) atoms. The van der Waals surface area contributed by atoms with Gasteiger partial charge in [0, 0.05) is 44.1 Å². The van der Waals surface area contributed by atoms with Gasteiger partial charge >= 0.3 is 29.8 Å². The van der Waals surface area contributed by atoms with E-state index in [0.717, 1.165) is 46.0 Å². The SMILES string of the molecule is CCC=CCC=CCC=CCC=CCC=CCC=CCCC(=O)O[C@@H](C(=O)O[C@H]1C[C@@]2(O)[C@@H](OC(=O)c3ccccc3)[C@@H]3[C@]4(OC(C)=O)CO[C@@H]4C[C@H](O)[C@@]3(C)C(=O)[C@H](OC(C)=O)C(=C1C)C2(C)C)[C@@H](NC(=O)c1ccccc1)c1ccccc1. The summed E-state index contributed by atoms with van der Waals surface area (Å²) >= 11 is 0. The van der Waals surface area contributed by atoms with Crippen molar-refractivity contribution in [1.82, 2.24) is 5.32 Å². The summed E-state index contributed by atoms with van der Waals surface area (Å²) in [6, 6.07) is 23.1. The van der Waals surface area contributed by atoms with Gasteiger partial charge in [0.25, 0.3) is 5.91 Å². The van der Waals surface area contributed by atoms with Crippen LogP contribution in [0.2, 0.25) is 0 Å². The highest BCUT2D eigenvalue weighted by Crippen LogP contribution is 2.64. The maximum atomic E-state index is 15.8. The zero-order valence-corrected chi connectivity index (χ0v) is 49.7. The summed E-state index contributed by atoms with van der Waals surface area (Å²) in [5.41, 5.74) is -7.33. The number of Topliss-reactive ketones (excluding diaryl/α,β-unsaturated/α-hetero) is 1. The first kappa shape index (κ1) is 64.8. The van der Waals surface area contributed by atoms with Gasteiger partial charge in [-0.2, -0.15) is 0 Å². The summed E-state index contributed by atoms with van der Waals surface area (Å²) in [6.45, 7) is 10.1. The van der Waals surface area contributed by atoms with Crippen molar-refractivity contribution < 1.29 is 72.2 Å². The number of carbonyl (C=O) groups excluding carboxylic acids is 7. The van der Waals surface area contributed by atoms with Crippen molar-refractivity contribution in [2.24, 2.45) is 16.7 Å². The van der Waals surface area contributed by atoms with Crippen LogP contribution in [0.3, 0.4) is 0 Å². The van der Waals surface area contributed by atoms with Crippen LogP contribution in [-0.4, -0.2) is 106 Å². The second-order valence-corrected chi connectivity index (χ2v) is 22.8. The van der Waals surface area contributed by atoms with Crippen molar-refractivity contribution in [3.05, 3.63) is 192 Å². The molecule has 3 aromatic carbocycles. The number of fused-ring (bicyclic) bond motifs is 5. The molecule has 4 aliphatic rings. The maximum Gasteiger partial charge on any atom is 0.350 e. The Kier molecular flexibility index (Phi) is 22.4. The van der Waals surface area contributed by atoms with Crippen LogP contribution in [0.5, 0.6) is 0 Å². The molecular formula is C69H81NO15. The third-order valence-electron chi connectivity index (χ3n) is 16.8. The summed E-state index contributed by atoms with van der Waals surface area (Å²) in [5.74, 6) is -7.73. The molecule has 1 aliphatic heterocycles. The molecule has 2 saturated carbocycles. The van der Waals surface area contributed by atoms with Crippen LogP contribution < -0.4 is 5.32 Å². The number of benzene rings is 3. The lowest BCUT2D eigenvalue weighted by Crippen LogP contribution is -2.82. The smallest absolute Gasteiger partial charge is 0.350 e. The Morgan fingerprint density at radius 2 is 1.24 bits per heavy atom. The fourth-order valence-electron chi connectivity index (χ4n) is 12.3. The van der Waals surface area contributed by atoms with Crippen molar-refractivity contribution in [3.63, 3.8) is 0 Å². The van der Waals surface area contributed by atoms with E-state index in [1.54, 1.807) is 92.7 Å². The quantitative estimate of drug-likeness (QED) is 0.0407. The fourth-order valence-corrected chi connectivity index (χ4v) is 12.3. The van der Waals surface area contributed by atoms with Crippen molar-refractivity contribution in [1.29, 1.82) is 0 Å². The van der Waals surface area contributed by atoms with Crippen LogP contribution in [0.15, 0.2) is 175 Å². The molecular weight excluding hydrogens is 1080 g/mol. The predicted molar refractivity (Wildman–Crippen MR) is 319 cm³/mol. The molecule has 0 unspecified atom stereocenters. The molecule has 3 N–H and O–H groups in total. The molecule has 7 rings (SSSR count). The lowest BCUT2D eigenvalue weighted by molar-refractivity contribution is -0.346. The van der Waals surface area contributed by atoms with E-state index < -0.39 is 119 Å². The molecule has 2 bridgehead atoms. The van der Waals surface area contributed by atoms with Crippen LogP contribution >= 0.6 is 0 Å². The number of hydrogen-bond donors (Lipinski definition) is 3. The monoisotopic (exact) mass is 1160 g/mol. The number of carbonyl (C=O) groups is 7. The van der Waals surface area contributed by atoms with Gasteiger partial charge in [-0.05, 0) is 99.8 Å². The van der Waals surface area contributed by atoms with Crippen molar-refractivity contribution >= 4 is 41.5 Å². The zero-order valence-electron chi connectivity index (χ0n) is 49.7. The molecule has 16 nitrogen and oxygen atoms in total. The number of aliphatic hydroxyl groups is 2. The summed E-state index contributed by atoms with van der Waals surface area (Å²) in [5, 5.41) is 29.2. The van der Waals surface area contributed by atoms with Crippen LogP contribution in [0.4, 0.5) is 0 Å². The zero-order chi connectivity index (χ0) is 61.4. The Hall–Kier alpha value is -7.79. The number of amides is 1. The van der Waals surface area contributed by atoms with Crippen LogP contribution in [-0.2, 0) is 52.4 Å². The normalized spacial score (nSPS) is 27.0. The van der Waals surface area contributed by atoms with E-state index in [0.29, 0.717) is 12.0 Å². The van der Waals surface area contributed by atoms with E-state index in [4.69, 9.17) is 28.4 Å². The van der Waals surface area contributed by atoms with Crippen molar-refractivity contribution in [3.8, 4) is 0 Å². The fraction of sp³-hybridized carbons (Fsp3) is 0.435. The molecule has 452 valence electrons. The summed E-state index contributed by atoms with van der Waals surface area (Å²) in [6.07, 6.45) is 19.4. The number of hydrogen-bond acceptors (Lipinski definition) is 15. The Labute approximate surface area is 498 Å². The highest BCUT2D eigenvalue weighted by Gasteiger charge is 2.78. The summed E-state index contributed by atoms with van der Waals surface area (Å²) in [7, 11) is 0. The van der Waals surface area contributed by atoms with E-state index in [1.165, 1.54) is 26.0 Å². The second kappa shape index (κ2) is 29.3. The topological polar surface area (TPSA) is 227 Å². The van der Waals surface area contributed by atoms with E-state index in [-0.39, 0.29) is 48.1 Å². The van der Waals surface area contributed by atoms with Gasteiger partial charge < -0.3 is 44.0 Å². The van der Waals surface area contributed by atoms with Gasteiger partial charge in [-0.3, -0.25) is 24.0 Å². The molecule has 1 heterocycles. The molecule has 0 spiro atoms. The molecule has 0 radical (unpaired) electrons. The highest BCUT2D eigenvalue weighted by molar-refractivity contribution is 5.96. The molecule has 3 aromatic rings. The van der Waals surface area contributed by atoms with Gasteiger partial charge in [0.1, 0.15) is 30.0 Å². The number of allylic oxidation sites excluding steroid dienone is 12. The van der Waals surface area contributed by atoms with Gasteiger partial charge in [-0.1, -0.05) is 160 Å². The van der Waals surface area contributed by atoms with Crippen LogP contribution in [0, 0.1) is 16.7 Å². The number of aliphatic hydroxyl groups excluding tert-OH is 1. The molecule has 3 aliphatic carbocycles. The van der Waals surface area contributed by atoms with E-state index in [1.807, 2.05) is 18.2 Å². The lowest BCUT2D eigenvalue weighted by atomic mass is 9.44. The Bertz CT molecular complexity index is 3070. The van der Waals surface area contributed by atoms with Crippen LogP contribution in [0.25, 0.3) is 0 Å². The third kappa shape index (κ3) is 14.8. The Morgan fingerprint density at radius 1 is 0.706 bits per heavy atom. The van der Waals surface area contributed by atoms with Gasteiger partial charge in [0.15, 0.2) is 17.5 Å². The number of ketones is 1. The number of ether oxygens (including phenoxy) is 6. The first-order valence-electron chi connectivity index (χ1n) is 29.3. The van der Waals surface area contributed by atoms with Gasteiger partial charge in [-0.15, -0.1) is 0 Å². The van der Waals surface area contributed by atoms with E-state index in [2.05, 4.69) is 66.9 Å². The molecule has 3 fully saturated rings. The summed E-state index contributed by atoms with van der Waals surface area (Å²) in [4.78, 5) is 101. The molecule has 0 aromatic heterocycles. The lowest BCUT2D eigenvalue weighted by Gasteiger charge is -2.67. The number of esters is 5. The minimum absolute atomic E-state index is 0.0256. The number of nitrogens with one attached hydrogen (secondary N) is 1. The van der Waals surface area contributed by atoms with E-state index in [9.17, 15) is 34.2 Å². The third-order valence-corrected chi connectivity index (χ3v) is 16.8. The minimum Gasteiger partial charge on any atom is -0.455 e. The maximum absolute atomic E-state index is 15.8. The van der Waals surface area contributed by atoms with Gasteiger partial charge in [0.05, 0.1) is 29.6 Å². The minimum atomic E-state index is -2.46. The molecule has 16 heteroatoms. The molecule has 11 atom stereocenters. The Morgan fingerprint density at radius 3 is 1.75 bits per heavy atom. The van der Waals surface area contributed by atoms with Crippen LogP contribution in [0.1, 0.15) is 145 Å². The highest BCUT2D eigenvalue weighted by atomic mass is 16.6. The summed E-state index contributed by atoms with van der Waals surface area (Å²) < 4.78 is 37.2. The van der Waals surface area contributed by atoms with Gasteiger partial charge in [-0.25, -0.2) is 9.59 Å². The first-order valence-corrected chi connectivity index (χ1v) is 29.3. The molecule has 1 amide bonds. The molecule has 1 saturated heterocycles. The predicted octanol–water partition coefficient (Wildman–Crippen LogP) is 10.8. The number of rotatable bonds is 25. The standard InChI is InChI=1S/C69H81NO15/c1-8-9-10-11-12-13-14-15-16-17-18-19-20-21-22-23-24-25-35-42-55(74)83-59(57(49-36-29-26-30-37-49)70-63(76)50-38-31-27-32-39-50)65(78)82-52-44-69(79)62(84-64(77)51-40-33-28-34-41-51)60-67(7,53(73)43-54-68(60,45-80-54)85-48(4)72)61(75)58(81-47(3)71)56(46(52)2)66(69,5)6/h9-10,12-13,15-16,18-19,21-22,24-34,36-41,52-54,57-60,62,73,79H,8,11,14,17,20,23,35,42-45H2,1-7H3,(H,70,76)/t52-,53-,54+,57-,58+,59+,60-,62-,67+,68-,69+/m0/s1. The average Bonchev–Trinajstić information content (AvgIpc) is 0.690. The largest absolute Gasteiger partial charge is 0.455 e. The van der Waals surface area contributed by atoms with E-state index >= 15 is 9.59 Å². The Balaban J connectivity index is 1.21. The van der Waals surface area contributed by atoms with Crippen molar-refractivity contribution in [2.45, 2.75) is 167 Å².